The SMILES string of the molecule is Cc1ccc(C(=O)Nc2ncc(Cc3cccc(Cl)c3)s2)cc1NC(=O)c1ccco1. The first-order chi connectivity index (χ1) is 15.0. The van der Waals surface area contributed by atoms with Crippen LogP contribution in [0.4, 0.5) is 10.8 Å². The summed E-state index contributed by atoms with van der Waals surface area (Å²) in [5.74, 6) is -0.488. The van der Waals surface area contributed by atoms with E-state index in [4.69, 9.17) is 16.0 Å². The molecule has 0 aliphatic rings. The van der Waals surface area contributed by atoms with E-state index >= 15 is 0 Å². The Kier molecular flexibility index (Phi) is 6.16. The predicted octanol–water partition coefficient (Wildman–Crippen LogP) is 5.79. The third-order valence-electron chi connectivity index (χ3n) is 4.53. The van der Waals surface area contributed by atoms with Crippen LogP contribution in [0, 0.1) is 6.92 Å². The minimum atomic E-state index is -0.378. The Hall–Kier alpha value is -3.42. The first-order valence-electron chi connectivity index (χ1n) is 9.44. The highest BCUT2D eigenvalue weighted by Crippen LogP contribution is 2.24. The summed E-state index contributed by atoms with van der Waals surface area (Å²) in [6.45, 7) is 1.85. The molecule has 156 valence electrons. The normalized spacial score (nSPS) is 10.6. The summed E-state index contributed by atoms with van der Waals surface area (Å²) in [6, 6.07) is 16.0. The van der Waals surface area contributed by atoms with E-state index in [0.717, 1.165) is 16.0 Å². The van der Waals surface area contributed by atoms with Crippen molar-refractivity contribution in [3.8, 4) is 0 Å². The molecule has 0 unspecified atom stereocenters. The standard InChI is InChI=1S/C23H18ClN3O3S/c1-14-7-8-16(12-19(14)26-22(29)20-6-3-9-30-20)21(28)27-23-25-13-18(31-23)11-15-4-2-5-17(24)10-15/h2-10,12-13H,11H2,1H3,(H,26,29)(H,25,27,28). The van der Waals surface area contributed by atoms with Crippen molar-refractivity contribution in [1.82, 2.24) is 4.98 Å². The number of carbonyl (C=O) groups is 2. The first kappa shape index (κ1) is 20.8. The van der Waals surface area contributed by atoms with Gasteiger partial charge in [0.25, 0.3) is 11.8 Å². The van der Waals surface area contributed by atoms with Crippen molar-refractivity contribution in [3.63, 3.8) is 0 Å². The Morgan fingerprint density at radius 1 is 1.06 bits per heavy atom. The van der Waals surface area contributed by atoms with E-state index in [9.17, 15) is 9.59 Å². The molecule has 0 fully saturated rings. The van der Waals surface area contributed by atoms with Crippen LogP contribution >= 0.6 is 22.9 Å². The van der Waals surface area contributed by atoms with E-state index in [1.165, 1.54) is 17.6 Å². The minimum absolute atomic E-state index is 0.198. The van der Waals surface area contributed by atoms with Gasteiger partial charge in [0.05, 0.1) is 6.26 Å². The van der Waals surface area contributed by atoms with Gasteiger partial charge in [-0.1, -0.05) is 29.8 Å². The lowest BCUT2D eigenvalue weighted by Crippen LogP contribution is -2.15. The van der Waals surface area contributed by atoms with Gasteiger partial charge < -0.3 is 9.73 Å². The molecule has 31 heavy (non-hydrogen) atoms. The summed E-state index contributed by atoms with van der Waals surface area (Å²) < 4.78 is 5.11. The van der Waals surface area contributed by atoms with Crippen molar-refractivity contribution in [2.45, 2.75) is 13.3 Å². The molecule has 0 spiro atoms. The highest BCUT2D eigenvalue weighted by atomic mass is 35.5. The van der Waals surface area contributed by atoms with Gasteiger partial charge in [-0.2, -0.15) is 0 Å². The third-order valence-corrected chi connectivity index (χ3v) is 5.68. The lowest BCUT2D eigenvalue weighted by atomic mass is 10.1. The molecule has 0 aliphatic carbocycles. The number of nitrogens with one attached hydrogen (secondary N) is 2. The average Bonchev–Trinajstić information content (AvgIpc) is 3.42. The fourth-order valence-electron chi connectivity index (χ4n) is 2.95. The maximum atomic E-state index is 12.7. The van der Waals surface area contributed by atoms with Crippen molar-refractivity contribution in [3.05, 3.63) is 99.4 Å². The molecule has 0 saturated heterocycles. The summed E-state index contributed by atoms with van der Waals surface area (Å²) >= 11 is 7.44. The van der Waals surface area contributed by atoms with Crippen LogP contribution in [0.3, 0.4) is 0 Å². The smallest absolute Gasteiger partial charge is 0.291 e. The van der Waals surface area contributed by atoms with Crippen molar-refractivity contribution in [1.29, 1.82) is 0 Å². The molecule has 2 aromatic carbocycles. The molecular formula is C23H18ClN3O3S. The molecule has 0 atom stereocenters. The molecule has 2 amide bonds. The van der Waals surface area contributed by atoms with Crippen LogP contribution in [0.25, 0.3) is 0 Å². The molecule has 4 rings (SSSR count). The van der Waals surface area contributed by atoms with E-state index in [1.54, 1.807) is 36.5 Å². The highest BCUT2D eigenvalue weighted by molar-refractivity contribution is 7.15. The number of aromatic nitrogens is 1. The van der Waals surface area contributed by atoms with Crippen molar-refractivity contribution >= 4 is 45.6 Å². The maximum Gasteiger partial charge on any atom is 0.291 e. The van der Waals surface area contributed by atoms with Gasteiger partial charge in [-0.25, -0.2) is 4.98 Å². The number of carbonyl (C=O) groups excluding carboxylic acids is 2. The molecule has 2 N–H and O–H groups in total. The zero-order valence-corrected chi connectivity index (χ0v) is 18.1. The lowest BCUT2D eigenvalue weighted by molar-refractivity contribution is 0.0993. The van der Waals surface area contributed by atoms with Crippen LogP contribution < -0.4 is 10.6 Å². The minimum Gasteiger partial charge on any atom is -0.459 e. The molecule has 4 aromatic rings. The number of aryl methyl sites for hydroxylation is 1. The van der Waals surface area contributed by atoms with E-state index in [0.29, 0.717) is 27.8 Å². The number of thiazole rings is 1. The molecule has 0 saturated carbocycles. The van der Waals surface area contributed by atoms with Gasteiger partial charge in [-0.15, -0.1) is 11.3 Å². The summed E-state index contributed by atoms with van der Waals surface area (Å²) in [5.41, 5.74) is 2.85. The number of halogens is 1. The number of nitrogens with zero attached hydrogens (tertiary/aromatic N) is 1. The van der Waals surface area contributed by atoms with Crippen LogP contribution in [0.1, 0.15) is 36.9 Å². The number of benzene rings is 2. The third kappa shape index (κ3) is 5.20. The Morgan fingerprint density at radius 3 is 2.71 bits per heavy atom. The Balaban J connectivity index is 1.44. The number of amides is 2. The van der Waals surface area contributed by atoms with Crippen LogP contribution in [-0.4, -0.2) is 16.8 Å². The summed E-state index contributed by atoms with van der Waals surface area (Å²) in [5, 5.41) is 6.77. The van der Waals surface area contributed by atoms with Gasteiger partial charge in [0.1, 0.15) is 0 Å². The second-order valence-corrected chi connectivity index (χ2v) is 8.41. The van der Waals surface area contributed by atoms with E-state index in [1.807, 2.05) is 31.2 Å². The average molecular weight is 452 g/mol. The molecule has 2 heterocycles. The van der Waals surface area contributed by atoms with Gasteiger partial charge in [-0.3, -0.25) is 14.9 Å². The van der Waals surface area contributed by atoms with Gasteiger partial charge in [0.2, 0.25) is 0 Å². The van der Waals surface area contributed by atoms with E-state index in [2.05, 4.69) is 15.6 Å². The lowest BCUT2D eigenvalue weighted by Gasteiger charge is -2.09. The molecule has 0 bridgehead atoms. The van der Waals surface area contributed by atoms with Crippen LogP contribution in [0.15, 0.2) is 71.5 Å². The van der Waals surface area contributed by atoms with Gasteiger partial charge >= 0.3 is 0 Å². The number of hydrogen-bond acceptors (Lipinski definition) is 5. The second kappa shape index (κ2) is 9.16. The van der Waals surface area contributed by atoms with E-state index < -0.39 is 0 Å². The molecular weight excluding hydrogens is 434 g/mol. The molecule has 0 aliphatic heterocycles. The topological polar surface area (TPSA) is 84.2 Å². The highest BCUT2D eigenvalue weighted by Gasteiger charge is 2.14. The summed E-state index contributed by atoms with van der Waals surface area (Å²) in [7, 11) is 0. The van der Waals surface area contributed by atoms with Crippen LogP contribution in [0.5, 0.6) is 0 Å². The number of anilines is 2. The zero-order valence-electron chi connectivity index (χ0n) is 16.5. The van der Waals surface area contributed by atoms with Crippen molar-refractivity contribution < 1.29 is 14.0 Å². The molecule has 2 aromatic heterocycles. The summed E-state index contributed by atoms with van der Waals surface area (Å²) in [4.78, 5) is 30.3. The predicted molar refractivity (Wildman–Crippen MR) is 122 cm³/mol. The quantitative estimate of drug-likeness (QED) is 0.388. The van der Waals surface area contributed by atoms with Crippen molar-refractivity contribution in [2.24, 2.45) is 0 Å². The van der Waals surface area contributed by atoms with Crippen LogP contribution in [-0.2, 0) is 6.42 Å². The number of furan rings is 1. The Morgan fingerprint density at radius 2 is 1.94 bits per heavy atom. The van der Waals surface area contributed by atoms with Gasteiger partial charge in [0, 0.05) is 33.8 Å². The van der Waals surface area contributed by atoms with E-state index in [-0.39, 0.29) is 17.6 Å². The second-order valence-electron chi connectivity index (χ2n) is 6.85. The van der Waals surface area contributed by atoms with Gasteiger partial charge in [-0.05, 0) is 54.4 Å². The molecule has 8 heteroatoms. The maximum absolute atomic E-state index is 12.7. The fraction of sp³-hybridized carbons (Fsp3) is 0.0870. The van der Waals surface area contributed by atoms with Crippen molar-refractivity contribution in [2.75, 3.05) is 10.6 Å². The molecule has 0 radical (unpaired) electrons. The van der Waals surface area contributed by atoms with Gasteiger partial charge in [0.15, 0.2) is 10.9 Å². The number of rotatable bonds is 6. The van der Waals surface area contributed by atoms with Crippen LogP contribution in [0.2, 0.25) is 5.02 Å². The fourth-order valence-corrected chi connectivity index (χ4v) is 4.01. The molecule has 6 nitrogen and oxygen atoms in total. The summed E-state index contributed by atoms with van der Waals surface area (Å²) in [6.07, 6.45) is 3.85. The Bertz CT molecular complexity index is 1230. The number of hydrogen-bond donors (Lipinski definition) is 2. The Labute approximate surface area is 187 Å². The monoisotopic (exact) mass is 451 g/mol. The zero-order chi connectivity index (χ0) is 21.8. The largest absolute Gasteiger partial charge is 0.459 e. The first-order valence-corrected chi connectivity index (χ1v) is 10.6.